The summed E-state index contributed by atoms with van der Waals surface area (Å²) >= 11 is 0.814. The van der Waals surface area contributed by atoms with Crippen LogP contribution in [0.1, 0.15) is 5.69 Å². The summed E-state index contributed by atoms with van der Waals surface area (Å²) in [7, 11) is 3.49. The molecule has 0 aliphatic carbocycles. The molecule has 0 aliphatic rings. The van der Waals surface area contributed by atoms with Gasteiger partial charge in [0, 0.05) is 42.3 Å². The van der Waals surface area contributed by atoms with Gasteiger partial charge in [0.1, 0.15) is 17.4 Å². The van der Waals surface area contributed by atoms with E-state index in [2.05, 4.69) is 0 Å². The minimum Gasteiger partial charge on any atom is -0.497 e. The van der Waals surface area contributed by atoms with E-state index in [1.165, 1.54) is 16.7 Å². The molecule has 4 rings (SSSR count). The van der Waals surface area contributed by atoms with Crippen molar-refractivity contribution >= 4 is 34.9 Å². The summed E-state index contributed by atoms with van der Waals surface area (Å²) in [5, 5.41) is 6.17. The molecule has 170 valence electrons. The number of methoxy groups -OCH3 is 1. The van der Waals surface area contributed by atoms with E-state index in [-0.39, 0.29) is 5.82 Å². The van der Waals surface area contributed by atoms with E-state index in [1.807, 2.05) is 42.3 Å². The normalized spacial score (nSPS) is 11.1. The molecule has 0 saturated carbocycles. The number of fused-ring (bicyclic) bond motifs is 1. The van der Waals surface area contributed by atoms with Crippen LogP contribution in [0, 0.1) is 11.6 Å². The highest BCUT2D eigenvalue weighted by Gasteiger charge is 2.14. The topological polar surface area (TPSA) is 60.5 Å². The van der Waals surface area contributed by atoms with Crippen LogP contribution >= 0.6 is 11.9 Å². The van der Waals surface area contributed by atoms with Gasteiger partial charge in [-0.15, -0.1) is 0 Å². The lowest BCUT2D eigenvalue weighted by Gasteiger charge is -2.20. The predicted molar refractivity (Wildman–Crippen MR) is 129 cm³/mol. The number of hydrogen-bond acceptors (Lipinski definition) is 5. The Hall–Kier alpha value is -3.36. The summed E-state index contributed by atoms with van der Waals surface area (Å²) in [4.78, 5) is 14.1. The maximum absolute atomic E-state index is 14.3. The number of halogens is 2. The first-order valence-electron chi connectivity index (χ1n) is 10.3. The zero-order chi connectivity index (χ0) is 23.5. The zero-order valence-corrected chi connectivity index (χ0v) is 19.0. The van der Waals surface area contributed by atoms with Gasteiger partial charge in [-0.3, -0.25) is 14.5 Å². The second-order valence-corrected chi connectivity index (χ2v) is 8.31. The van der Waals surface area contributed by atoms with Gasteiger partial charge in [-0.1, -0.05) is 12.1 Å². The summed E-state index contributed by atoms with van der Waals surface area (Å²) < 4.78 is 35.1. The van der Waals surface area contributed by atoms with E-state index in [0.29, 0.717) is 40.1 Å². The molecule has 33 heavy (non-hydrogen) atoms. The van der Waals surface area contributed by atoms with E-state index < -0.39 is 5.82 Å². The van der Waals surface area contributed by atoms with Gasteiger partial charge >= 0.3 is 0 Å². The van der Waals surface area contributed by atoms with Crippen LogP contribution in [0.2, 0.25) is 0 Å². The number of rotatable bonds is 8. The average molecular weight is 468 g/mol. The number of ether oxygens (including phenoxy) is 1. The molecule has 0 aliphatic heterocycles. The Bertz CT molecular complexity index is 1310. The Morgan fingerprint density at radius 1 is 1.06 bits per heavy atom. The van der Waals surface area contributed by atoms with Crippen LogP contribution in [0.3, 0.4) is 0 Å². The van der Waals surface area contributed by atoms with Gasteiger partial charge in [0.15, 0.2) is 0 Å². The SMILES string of the molecule is COc1ccc(F)c(-c2ccc(N(C)CCc3cc4cc(F)c(SN)cc4n3C=O)cc2)c1. The molecule has 1 aromatic heterocycles. The Labute approximate surface area is 194 Å². The van der Waals surface area contributed by atoms with Gasteiger partial charge in [0.2, 0.25) is 6.41 Å². The van der Waals surface area contributed by atoms with Crippen molar-refractivity contribution in [3.05, 3.63) is 78.0 Å². The summed E-state index contributed by atoms with van der Waals surface area (Å²) in [6.07, 6.45) is 1.31. The molecule has 4 aromatic rings. The van der Waals surface area contributed by atoms with Crippen molar-refractivity contribution in [2.24, 2.45) is 5.14 Å². The number of anilines is 1. The van der Waals surface area contributed by atoms with Crippen LogP contribution in [0.15, 0.2) is 65.6 Å². The minimum atomic E-state index is -0.408. The third kappa shape index (κ3) is 4.58. The second kappa shape index (κ2) is 9.64. The lowest BCUT2D eigenvalue weighted by Crippen LogP contribution is -2.21. The highest BCUT2D eigenvalue weighted by Crippen LogP contribution is 2.29. The van der Waals surface area contributed by atoms with Crippen molar-refractivity contribution in [3.63, 3.8) is 0 Å². The number of nitrogens with two attached hydrogens (primary N) is 1. The number of likely N-dealkylation sites (N-methyl/N-ethyl adjacent to an activating group) is 1. The fraction of sp³-hybridized carbons (Fsp3) is 0.160. The Balaban J connectivity index is 1.52. The van der Waals surface area contributed by atoms with Crippen LogP contribution in [0.25, 0.3) is 22.0 Å². The molecule has 3 aromatic carbocycles. The number of aromatic nitrogens is 1. The van der Waals surface area contributed by atoms with E-state index in [0.717, 1.165) is 35.3 Å². The number of hydrogen-bond donors (Lipinski definition) is 1. The molecule has 0 atom stereocenters. The van der Waals surface area contributed by atoms with Crippen molar-refractivity contribution in [3.8, 4) is 16.9 Å². The fourth-order valence-corrected chi connectivity index (χ4v) is 4.20. The highest BCUT2D eigenvalue weighted by molar-refractivity contribution is 7.97. The number of carbonyl (C=O) groups excluding carboxylic acids is 1. The van der Waals surface area contributed by atoms with Gasteiger partial charge in [-0.2, -0.15) is 0 Å². The van der Waals surface area contributed by atoms with Crippen LogP contribution in [0.5, 0.6) is 5.75 Å². The number of benzene rings is 3. The number of carbonyl (C=O) groups is 1. The van der Waals surface area contributed by atoms with Crippen LogP contribution in [-0.4, -0.2) is 31.7 Å². The summed E-state index contributed by atoms with van der Waals surface area (Å²) in [6.45, 7) is 0.623. The average Bonchev–Trinajstić information content (AvgIpc) is 3.18. The Morgan fingerprint density at radius 3 is 2.48 bits per heavy atom. The molecule has 0 bridgehead atoms. The second-order valence-electron chi connectivity index (χ2n) is 7.63. The van der Waals surface area contributed by atoms with E-state index >= 15 is 0 Å². The maximum atomic E-state index is 14.3. The summed E-state index contributed by atoms with van der Waals surface area (Å²) in [5.74, 6) is -0.129. The van der Waals surface area contributed by atoms with E-state index in [9.17, 15) is 13.6 Å². The lowest BCUT2D eigenvalue weighted by atomic mass is 10.0. The van der Waals surface area contributed by atoms with Crippen molar-refractivity contribution in [2.75, 3.05) is 25.6 Å². The first-order valence-corrected chi connectivity index (χ1v) is 11.1. The predicted octanol–water partition coefficient (Wildman–Crippen LogP) is 5.28. The van der Waals surface area contributed by atoms with Gasteiger partial charge in [-0.05, 0) is 66.0 Å². The highest BCUT2D eigenvalue weighted by atomic mass is 32.2. The molecule has 2 N–H and O–H groups in total. The molecule has 0 spiro atoms. The molecule has 0 unspecified atom stereocenters. The maximum Gasteiger partial charge on any atom is 0.218 e. The Morgan fingerprint density at radius 2 is 1.82 bits per heavy atom. The zero-order valence-electron chi connectivity index (χ0n) is 18.2. The summed E-state index contributed by atoms with van der Waals surface area (Å²) in [6, 6.07) is 17.0. The molecule has 0 amide bonds. The largest absolute Gasteiger partial charge is 0.497 e. The van der Waals surface area contributed by atoms with Gasteiger partial charge in [0.25, 0.3) is 0 Å². The molecular formula is C25H23F2N3O2S. The molecule has 0 saturated heterocycles. The molecule has 1 heterocycles. The van der Waals surface area contributed by atoms with Crippen LogP contribution < -0.4 is 14.8 Å². The van der Waals surface area contributed by atoms with Crippen molar-refractivity contribution < 1.29 is 18.3 Å². The summed E-state index contributed by atoms with van der Waals surface area (Å²) in [5.41, 5.74) is 3.58. The molecule has 5 nitrogen and oxygen atoms in total. The lowest BCUT2D eigenvalue weighted by molar-refractivity contribution is 0.414. The molecule has 0 radical (unpaired) electrons. The van der Waals surface area contributed by atoms with E-state index in [1.54, 1.807) is 25.3 Å². The monoisotopic (exact) mass is 467 g/mol. The number of nitrogens with zero attached hydrogens (tertiary/aromatic N) is 2. The quantitative estimate of drug-likeness (QED) is 0.282. The van der Waals surface area contributed by atoms with Crippen molar-refractivity contribution in [1.29, 1.82) is 0 Å². The van der Waals surface area contributed by atoms with Gasteiger partial charge in [-0.25, -0.2) is 8.78 Å². The first-order chi connectivity index (χ1) is 15.9. The Kier molecular flexibility index (Phi) is 6.67. The fourth-order valence-electron chi connectivity index (χ4n) is 3.85. The van der Waals surface area contributed by atoms with Crippen LogP contribution in [0.4, 0.5) is 14.5 Å². The first kappa shape index (κ1) is 22.8. The molecular weight excluding hydrogens is 444 g/mol. The minimum absolute atomic E-state index is 0.292. The van der Waals surface area contributed by atoms with Gasteiger partial charge in [0.05, 0.1) is 17.5 Å². The van der Waals surface area contributed by atoms with Gasteiger partial charge < -0.3 is 9.64 Å². The van der Waals surface area contributed by atoms with E-state index in [4.69, 9.17) is 9.88 Å². The smallest absolute Gasteiger partial charge is 0.218 e. The van der Waals surface area contributed by atoms with Crippen molar-refractivity contribution in [2.45, 2.75) is 11.3 Å². The van der Waals surface area contributed by atoms with Crippen LogP contribution in [-0.2, 0) is 11.2 Å². The third-order valence-electron chi connectivity index (χ3n) is 5.70. The molecule has 8 heteroatoms. The standard InChI is InChI=1S/C25H23F2N3O2S/c1-29(18-5-3-16(4-6-18)21-13-20(32-2)7-8-22(21)26)10-9-19-11-17-12-23(27)25(33-28)14-24(17)30(19)15-31/h3-8,11-15H,9-10,28H2,1-2H3. The third-order valence-corrected chi connectivity index (χ3v) is 6.27. The van der Waals surface area contributed by atoms with Crippen molar-refractivity contribution in [1.82, 2.24) is 4.57 Å². The molecule has 0 fully saturated rings.